The van der Waals surface area contributed by atoms with Crippen LogP contribution in [0.5, 0.6) is 0 Å². The summed E-state index contributed by atoms with van der Waals surface area (Å²) >= 11 is 0. The van der Waals surface area contributed by atoms with Crippen molar-refractivity contribution >= 4 is 24.2 Å². The third kappa shape index (κ3) is 7.36. The maximum atomic E-state index is 12.9. The average Bonchev–Trinajstić information content (AvgIpc) is 2.98. The zero-order valence-corrected chi connectivity index (χ0v) is 23.8. The minimum atomic E-state index is -1.01. The van der Waals surface area contributed by atoms with E-state index < -0.39 is 5.60 Å². The molecule has 1 aliphatic rings. The second kappa shape index (κ2) is 14.4. The number of aryl methyl sites for hydroxylation is 1. The van der Waals surface area contributed by atoms with Crippen LogP contribution >= 0.6 is 12.4 Å². The van der Waals surface area contributed by atoms with Gasteiger partial charge in [-0.05, 0) is 79.6 Å². The molecule has 0 spiro atoms. The maximum Gasteiger partial charge on any atom is 0.309 e. The van der Waals surface area contributed by atoms with Gasteiger partial charge in [0.05, 0.1) is 13.5 Å². The largest absolute Gasteiger partial charge is 0.469 e. The number of ketones is 1. The third-order valence-electron chi connectivity index (χ3n) is 7.96. The predicted octanol–water partition coefficient (Wildman–Crippen LogP) is 6.00. The van der Waals surface area contributed by atoms with E-state index in [-0.39, 0.29) is 36.5 Å². The van der Waals surface area contributed by atoms with Crippen molar-refractivity contribution in [2.24, 2.45) is 5.92 Å². The fourth-order valence-electron chi connectivity index (χ4n) is 5.73. The van der Waals surface area contributed by atoms with Gasteiger partial charge in [-0.25, -0.2) is 0 Å². The minimum absolute atomic E-state index is 0. The standard InChI is InChI=1S/C33H39NO4.ClH/c1-3-25-23-27(17-16-26(25)24-32(36)38-2)31(35)15-10-20-34-21-18-30(19-22-34)33(37,28-11-6-4-7-12-28)29-13-8-5-9-14-29;/h4-9,11-14,16-17,23,30,37H,3,10,15,18-22,24H2,1-2H3;1H. The Morgan fingerprint density at radius 3 is 2.05 bits per heavy atom. The van der Waals surface area contributed by atoms with E-state index in [0.29, 0.717) is 12.0 Å². The number of benzene rings is 3. The highest BCUT2D eigenvalue weighted by Gasteiger charge is 2.41. The van der Waals surface area contributed by atoms with Gasteiger partial charge < -0.3 is 14.7 Å². The topological polar surface area (TPSA) is 66.8 Å². The van der Waals surface area contributed by atoms with Crippen molar-refractivity contribution in [3.05, 3.63) is 107 Å². The highest BCUT2D eigenvalue weighted by atomic mass is 35.5. The zero-order chi connectivity index (χ0) is 27.0. The van der Waals surface area contributed by atoms with Crippen molar-refractivity contribution in [3.63, 3.8) is 0 Å². The molecule has 0 aliphatic carbocycles. The van der Waals surface area contributed by atoms with Crippen LogP contribution in [0.15, 0.2) is 78.9 Å². The molecule has 4 rings (SSSR count). The number of hydrogen-bond acceptors (Lipinski definition) is 5. The van der Waals surface area contributed by atoms with E-state index in [2.05, 4.69) is 4.90 Å². The normalized spacial score (nSPS) is 14.4. The summed E-state index contributed by atoms with van der Waals surface area (Å²) in [6, 6.07) is 25.7. The van der Waals surface area contributed by atoms with Gasteiger partial charge in [-0.3, -0.25) is 9.59 Å². The number of carbonyl (C=O) groups is 2. The number of aliphatic hydroxyl groups is 1. The molecule has 0 aromatic heterocycles. The molecule has 3 aromatic rings. The van der Waals surface area contributed by atoms with Crippen LogP contribution in [-0.2, 0) is 28.0 Å². The summed E-state index contributed by atoms with van der Waals surface area (Å²) in [5, 5.41) is 12.1. The minimum Gasteiger partial charge on any atom is -0.469 e. The number of esters is 1. The van der Waals surface area contributed by atoms with E-state index in [1.807, 2.05) is 85.8 Å². The van der Waals surface area contributed by atoms with Crippen LogP contribution in [0.1, 0.15) is 65.2 Å². The van der Waals surface area contributed by atoms with Crippen LogP contribution in [0.4, 0.5) is 0 Å². The van der Waals surface area contributed by atoms with Crippen molar-refractivity contribution < 1.29 is 19.4 Å². The lowest BCUT2D eigenvalue weighted by Crippen LogP contribution is -2.44. The fraction of sp³-hybridized carbons (Fsp3) is 0.394. The Morgan fingerprint density at radius 2 is 1.51 bits per heavy atom. The van der Waals surface area contributed by atoms with Crippen LogP contribution in [0.3, 0.4) is 0 Å². The molecule has 1 heterocycles. The maximum absolute atomic E-state index is 12.9. The number of Topliss-reactive ketones (excluding diaryl/α,β-unsaturated/α-hetero) is 1. The first kappa shape index (κ1) is 30.6. The Hall–Kier alpha value is -2.99. The van der Waals surface area contributed by atoms with Crippen LogP contribution in [0.2, 0.25) is 0 Å². The molecule has 1 fully saturated rings. The lowest BCUT2D eigenvalue weighted by atomic mass is 9.72. The number of carbonyl (C=O) groups excluding carboxylic acids is 2. The van der Waals surface area contributed by atoms with Gasteiger partial charge in [0, 0.05) is 12.0 Å². The van der Waals surface area contributed by atoms with E-state index in [1.54, 1.807) is 0 Å². The van der Waals surface area contributed by atoms with E-state index >= 15 is 0 Å². The fourth-order valence-corrected chi connectivity index (χ4v) is 5.73. The van der Waals surface area contributed by atoms with Crippen molar-refractivity contribution in [1.82, 2.24) is 4.90 Å². The van der Waals surface area contributed by atoms with Crippen molar-refractivity contribution in [2.45, 2.75) is 51.0 Å². The van der Waals surface area contributed by atoms with Crippen molar-refractivity contribution in [2.75, 3.05) is 26.7 Å². The highest BCUT2D eigenvalue weighted by Crippen LogP contribution is 2.41. The molecule has 6 heteroatoms. The summed E-state index contributed by atoms with van der Waals surface area (Å²) in [6.45, 7) is 4.71. The van der Waals surface area contributed by atoms with Crippen LogP contribution in [0, 0.1) is 5.92 Å². The number of methoxy groups -OCH3 is 1. The lowest BCUT2D eigenvalue weighted by Gasteiger charge is -2.42. The van der Waals surface area contributed by atoms with E-state index in [9.17, 15) is 14.7 Å². The number of ether oxygens (including phenoxy) is 1. The Kier molecular flexibility index (Phi) is 11.3. The van der Waals surface area contributed by atoms with Crippen molar-refractivity contribution in [3.8, 4) is 0 Å². The molecule has 5 nitrogen and oxygen atoms in total. The molecule has 0 unspecified atom stereocenters. The zero-order valence-electron chi connectivity index (χ0n) is 23.0. The average molecular weight is 550 g/mol. The molecule has 1 aliphatic heterocycles. The van der Waals surface area contributed by atoms with Crippen LogP contribution in [-0.4, -0.2) is 48.5 Å². The van der Waals surface area contributed by atoms with Gasteiger partial charge in [-0.2, -0.15) is 0 Å². The van der Waals surface area contributed by atoms with Gasteiger partial charge in [0.2, 0.25) is 0 Å². The van der Waals surface area contributed by atoms with Gasteiger partial charge in [0.25, 0.3) is 0 Å². The molecule has 208 valence electrons. The SMILES string of the molecule is CCc1cc(C(=O)CCCN2CCC(C(O)(c3ccccc3)c3ccccc3)CC2)ccc1CC(=O)OC.Cl. The summed E-state index contributed by atoms with van der Waals surface area (Å²) in [5.74, 6) is -0.00332. The van der Waals surface area contributed by atoms with E-state index in [4.69, 9.17) is 4.74 Å². The molecule has 1 saturated heterocycles. The molecule has 39 heavy (non-hydrogen) atoms. The Balaban J connectivity index is 0.00000420. The molecule has 0 atom stereocenters. The summed E-state index contributed by atoms with van der Waals surface area (Å²) in [5.41, 5.74) is 3.53. The Bertz CT molecular complexity index is 1170. The predicted molar refractivity (Wildman–Crippen MR) is 157 cm³/mol. The van der Waals surface area contributed by atoms with Gasteiger partial charge in [-0.1, -0.05) is 79.7 Å². The second-order valence-electron chi connectivity index (χ2n) is 10.2. The second-order valence-corrected chi connectivity index (χ2v) is 10.2. The Labute approximate surface area is 238 Å². The molecular formula is C33H40ClNO4. The van der Waals surface area contributed by atoms with Gasteiger partial charge in [0.15, 0.2) is 5.78 Å². The van der Waals surface area contributed by atoms with Crippen molar-refractivity contribution in [1.29, 1.82) is 0 Å². The smallest absolute Gasteiger partial charge is 0.309 e. The van der Waals surface area contributed by atoms with Gasteiger partial charge in [0.1, 0.15) is 5.60 Å². The van der Waals surface area contributed by atoms with E-state index in [1.165, 1.54) is 7.11 Å². The van der Waals surface area contributed by atoms with Crippen LogP contribution in [0.25, 0.3) is 0 Å². The number of likely N-dealkylation sites (tertiary alicyclic amines) is 1. The number of hydrogen-bond donors (Lipinski definition) is 1. The van der Waals surface area contributed by atoms with Gasteiger partial charge >= 0.3 is 5.97 Å². The molecule has 3 aromatic carbocycles. The molecule has 1 N–H and O–H groups in total. The molecule has 0 bridgehead atoms. The first-order valence-electron chi connectivity index (χ1n) is 13.7. The third-order valence-corrected chi connectivity index (χ3v) is 7.96. The number of halogens is 1. The quantitative estimate of drug-likeness (QED) is 0.235. The number of rotatable bonds is 11. The van der Waals surface area contributed by atoms with Crippen LogP contribution < -0.4 is 0 Å². The number of piperidine rings is 1. The molecule has 0 amide bonds. The monoisotopic (exact) mass is 549 g/mol. The number of nitrogens with zero attached hydrogens (tertiary/aromatic N) is 1. The summed E-state index contributed by atoms with van der Waals surface area (Å²) in [4.78, 5) is 27.0. The first-order valence-corrected chi connectivity index (χ1v) is 13.7. The summed E-state index contributed by atoms with van der Waals surface area (Å²) < 4.78 is 4.79. The molecule has 0 saturated carbocycles. The van der Waals surface area contributed by atoms with Gasteiger partial charge in [-0.15, -0.1) is 12.4 Å². The summed E-state index contributed by atoms with van der Waals surface area (Å²) in [7, 11) is 1.39. The first-order chi connectivity index (χ1) is 18.5. The Morgan fingerprint density at radius 1 is 0.923 bits per heavy atom. The molecular weight excluding hydrogens is 510 g/mol. The van der Waals surface area contributed by atoms with E-state index in [0.717, 1.165) is 67.6 Å². The highest BCUT2D eigenvalue weighted by molar-refractivity contribution is 5.96. The summed E-state index contributed by atoms with van der Waals surface area (Å²) in [6.07, 6.45) is 4.09. The lowest BCUT2D eigenvalue weighted by molar-refractivity contribution is -0.139. The molecule has 0 radical (unpaired) electrons.